The van der Waals surface area contributed by atoms with E-state index in [9.17, 15) is 9.59 Å². The molecule has 2 aromatic rings. The third kappa shape index (κ3) is 3.56. The summed E-state index contributed by atoms with van der Waals surface area (Å²) >= 11 is 0. The number of alkyl carbamates (subject to hydrolysis) is 1. The Morgan fingerprint density at radius 3 is 2.21 bits per heavy atom. The van der Waals surface area contributed by atoms with Crippen LogP contribution in [0.15, 0.2) is 60.7 Å². The van der Waals surface area contributed by atoms with Gasteiger partial charge in [-0.3, -0.25) is 4.79 Å². The first-order valence-corrected chi connectivity index (χ1v) is 7.97. The van der Waals surface area contributed by atoms with Crippen LogP contribution in [0, 0.1) is 0 Å². The van der Waals surface area contributed by atoms with E-state index in [1.807, 2.05) is 67.6 Å². The first-order chi connectivity index (χ1) is 11.6. The van der Waals surface area contributed by atoms with Crippen LogP contribution in [0.1, 0.15) is 18.1 Å². The summed E-state index contributed by atoms with van der Waals surface area (Å²) in [7, 11) is 0. The van der Waals surface area contributed by atoms with E-state index in [4.69, 9.17) is 4.74 Å². The van der Waals surface area contributed by atoms with Crippen LogP contribution in [-0.2, 0) is 22.7 Å². The molecule has 1 N–H and O–H groups in total. The lowest BCUT2D eigenvalue weighted by molar-refractivity contribution is -0.150. The number of nitrogens with zero attached hydrogens (tertiary/aromatic N) is 1. The molecule has 3 rings (SSSR count). The number of benzene rings is 2. The van der Waals surface area contributed by atoms with Gasteiger partial charge in [0.1, 0.15) is 12.6 Å². The Balaban J connectivity index is 1.48. The summed E-state index contributed by atoms with van der Waals surface area (Å²) in [6, 6.07) is 18.7. The maximum atomic E-state index is 12.2. The smallest absolute Gasteiger partial charge is 0.408 e. The minimum absolute atomic E-state index is 0.0537. The van der Waals surface area contributed by atoms with Crippen LogP contribution in [0.25, 0.3) is 0 Å². The fraction of sp³-hybridized carbons (Fsp3) is 0.263. The Bertz CT molecular complexity index is 703. The molecule has 124 valence electrons. The molecular formula is C19H20N2O3. The second kappa shape index (κ2) is 7.17. The SMILES string of the molecule is C[C@@H]1[C@@H](NC(=O)OCc2ccccc2)C(=O)N1Cc1ccccc1. The molecule has 2 atom stereocenters. The molecular weight excluding hydrogens is 304 g/mol. The number of hydrogen-bond acceptors (Lipinski definition) is 3. The standard InChI is InChI=1S/C19H20N2O3/c1-14-17(18(22)21(14)12-15-8-4-2-5-9-15)20-19(23)24-13-16-10-6-3-7-11-16/h2-11,14,17H,12-13H2,1H3,(H,20,23)/t14-,17-/m1/s1. The van der Waals surface area contributed by atoms with Crippen LogP contribution in [0.3, 0.4) is 0 Å². The number of carbonyl (C=O) groups excluding carboxylic acids is 2. The molecule has 0 radical (unpaired) electrons. The highest BCUT2D eigenvalue weighted by molar-refractivity contribution is 5.92. The Kier molecular flexibility index (Phi) is 4.79. The second-order valence-corrected chi connectivity index (χ2v) is 5.88. The molecule has 1 aliphatic rings. The summed E-state index contributed by atoms with van der Waals surface area (Å²) < 4.78 is 5.16. The number of nitrogens with one attached hydrogen (secondary N) is 1. The molecule has 2 aromatic carbocycles. The van der Waals surface area contributed by atoms with Crippen molar-refractivity contribution < 1.29 is 14.3 Å². The lowest BCUT2D eigenvalue weighted by Crippen LogP contribution is -2.69. The summed E-state index contributed by atoms with van der Waals surface area (Å²) in [5.74, 6) is -0.0805. The number of β-lactam (4-membered cyclic amide) rings is 1. The van der Waals surface area contributed by atoms with Crippen molar-refractivity contribution in [2.45, 2.75) is 32.2 Å². The van der Waals surface area contributed by atoms with E-state index in [1.165, 1.54) is 0 Å². The normalized spacial score (nSPS) is 19.5. The van der Waals surface area contributed by atoms with Gasteiger partial charge in [-0.05, 0) is 18.1 Å². The van der Waals surface area contributed by atoms with Crippen molar-refractivity contribution in [3.05, 3.63) is 71.8 Å². The van der Waals surface area contributed by atoms with Crippen molar-refractivity contribution in [3.63, 3.8) is 0 Å². The molecule has 1 saturated heterocycles. The fourth-order valence-electron chi connectivity index (χ4n) is 2.76. The van der Waals surface area contributed by atoms with Gasteiger partial charge in [0, 0.05) is 6.54 Å². The van der Waals surface area contributed by atoms with Gasteiger partial charge in [-0.15, -0.1) is 0 Å². The zero-order valence-corrected chi connectivity index (χ0v) is 13.5. The number of amides is 2. The van der Waals surface area contributed by atoms with Gasteiger partial charge in [-0.25, -0.2) is 4.79 Å². The molecule has 1 fully saturated rings. The van der Waals surface area contributed by atoms with Crippen molar-refractivity contribution in [2.75, 3.05) is 0 Å². The molecule has 5 heteroatoms. The van der Waals surface area contributed by atoms with E-state index in [2.05, 4.69) is 5.32 Å². The summed E-state index contributed by atoms with van der Waals surface area (Å²) in [5, 5.41) is 2.65. The fourth-order valence-corrected chi connectivity index (χ4v) is 2.76. The van der Waals surface area contributed by atoms with Crippen LogP contribution in [0.4, 0.5) is 4.79 Å². The van der Waals surface area contributed by atoms with Crippen LogP contribution in [0.2, 0.25) is 0 Å². The van der Waals surface area contributed by atoms with Crippen LogP contribution < -0.4 is 5.32 Å². The maximum Gasteiger partial charge on any atom is 0.408 e. The molecule has 0 saturated carbocycles. The number of hydrogen-bond donors (Lipinski definition) is 1. The van der Waals surface area contributed by atoms with Crippen molar-refractivity contribution in [2.24, 2.45) is 0 Å². The zero-order chi connectivity index (χ0) is 16.9. The van der Waals surface area contributed by atoms with Crippen LogP contribution in [-0.4, -0.2) is 29.0 Å². The van der Waals surface area contributed by atoms with Gasteiger partial charge < -0.3 is 15.0 Å². The molecule has 0 aliphatic carbocycles. The van der Waals surface area contributed by atoms with Crippen molar-refractivity contribution >= 4 is 12.0 Å². The number of ether oxygens (including phenoxy) is 1. The van der Waals surface area contributed by atoms with Gasteiger partial charge >= 0.3 is 6.09 Å². The Morgan fingerprint density at radius 2 is 1.62 bits per heavy atom. The first-order valence-electron chi connectivity index (χ1n) is 7.97. The Hall–Kier alpha value is -2.82. The zero-order valence-electron chi connectivity index (χ0n) is 13.5. The molecule has 0 unspecified atom stereocenters. The van der Waals surface area contributed by atoms with Gasteiger partial charge in [0.25, 0.3) is 0 Å². The molecule has 2 amide bonds. The minimum Gasteiger partial charge on any atom is -0.445 e. The van der Waals surface area contributed by atoms with Gasteiger partial charge in [-0.1, -0.05) is 60.7 Å². The molecule has 0 aromatic heterocycles. The average molecular weight is 324 g/mol. The van der Waals surface area contributed by atoms with Gasteiger partial charge in [-0.2, -0.15) is 0 Å². The monoisotopic (exact) mass is 324 g/mol. The third-order valence-corrected chi connectivity index (χ3v) is 4.21. The van der Waals surface area contributed by atoms with E-state index in [-0.39, 0.29) is 18.6 Å². The highest BCUT2D eigenvalue weighted by Gasteiger charge is 2.45. The predicted molar refractivity (Wildman–Crippen MR) is 90.0 cm³/mol. The lowest BCUT2D eigenvalue weighted by Gasteiger charge is -2.45. The Labute approximate surface area is 141 Å². The molecule has 0 spiro atoms. The molecule has 0 bridgehead atoms. The van der Waals surface area contributed by atoms with Crippen LogP contribution >= 0.6 is 0 Å². The number of rotatable bonds is 5. The van der Waals surface area contributed by atoms with Crippen molar-refractivity contribution in [3.8, 4) is 0 Å². The number of likely N-dealkylation sites (tertiary alicyclic amines) is 1. The summed E-state index contributed by atoms with van der Waals surface area (Å²) in [5.41, 5.74) is 1.98. The van der Waals surface area contributed by atoms with Crippen molar-refractivity contribution in [1.29, 1.82) is 0 Å². The molecule has 5 nitrogen and oxygen atoms in total. The van der Waals surface area contributed by atoms with E-state index >= 15 is 0 Å². The van der Waals surface area contributed by atoms with E-state index in [0.29, 0.717) is 6.54 Å². The number of carbonyl (C=O) groups is 2. The predicted octanol–water partition coefficient (Wildman–Crippen LogP) is 2.71. The summed E-state index contributed by atoms with van der Waals surface area (Å²) in [6.07, 6.45) is -0.566. The van der Waals surface area contributed by atoms with Crippen LogP contribution in [0.5, 0.6) is 0 Å². The highest BCUT2D eigenvalue weighted by atomic mass is 16.5. The van der Waals surface area contributed by atoms with Crippen molar-refractivity contribution in [1.82, 2.24) is 10.2 Å². The molecule has 1 aliphatic heterocycles. The summed E-state index contributed by atoms with van der Waals surface area (Å²) in [4.78, 5) is 25.9. The van der Waals surface area contributed by atoms with E-state index in [1.54, 1.807) is 4.90 Å². The minimum atomic E-state index is -0.566. The lowest BCUT2D eigenvalue weighted by atomic mass is 9.96. The molecule has 1 heterocycles. The summed E-state index contributed by atoms with van der Waals surface area (Å²) in [6.45, 7) is 2.67. The van der Waals surface area contributed by atoms with E-state index in [0.717, 1.165) is 11.1 Å². The van der Waals surface area contributed by atoms with Gasteiger partial charge in [0.2, 0.25) is 5.91 Å². The first kappa shape index (κ1) is 16.1. The second-order valence-electron chi connectivity index (χ2n) is 5.88. The molecule has 24 heavy (non-hydrogen) atoms. The highest BCUT2D eigenvalue weighted by Crippen LogP contribution is 2.22. The average Bonchev–Trinajstić information content (AvgIpc) is 2.64. The van der Waals surface area contributed by atoms with Gasteiger partial charge in [0.15, 0.2) is 0 Å². The largest absolute Gasteiger partial charge is 0.445 e. The Morgan fingerprint density at radius 1 is 1.04 bits per heavy atom. The third-order valence-electron chi connectivity index (χ3n) is 4.21. The quantitative estimate of drug-likeness (QED) is 0.860. The topological polar surface area (TPSA) is 58.6 Å². The van der Waals surface area contributed by atoms with E-state index < -0.39 is 12.1 Å². The van der Waals surface area contributed by atoms with Gasteiger partial charge in [0.05, 0.1) is 6.04 Å². The maximum absolute atomic E-state index is 12.2.